The van der Waals surface area contributed by atoms with Crippen LogP contribution in [0.1, 0.15) is 18.4 Å². The van der Waals surface area contributed by atoms with Crippen LogP contribution in [0.15, 0.2) is 18.2 Å². The van der Waals surface area contributed by atoms with Gasteiger partial charge in [0.2, 0.25) is 0 Å². The molecule has 1 atom stereocenters. The zero-order chi connectivity index (χ0) is 12.1. The quantitative estimate of drug-likeness (QED) is 0.782. The van der Waals surface area contributed by atoms with Crippen LogP contribution in [-0.4, -0.2) is 26.4 Å². The molecule has 0 radical (unpaired) electrons. The van der Waals surface area contributed by atoms with Gasteiger partial charge in [-0.3, -0.25) is 0 Å². The number of benzene rings is 1. The monoisotopic (exact) mass is 300 g/mol. The third-order valence-electron chi connectivity index (χ3n) is 2.83. The van der Waals surface area contributed by atoms with Crippen molar-refractivity contribution in [3.8, 4) is 11.5 Å². The minimum atomic E-state index is 0.229. The summed E-state index contributed by atoms with van der Waals surface area (Å²) in [4.78, 5) is 0. The van der Waals surface area contributed by atoms with E-state index in [0.29, 0.717) is 6.61 Å². The molecule has 4 heteroatoms. The molecule has 1 saturated heterocycles. The lowest BCUT2D eigenvalue weighted by atomic mass is 10.2. The van der Waals surface area contributed by atoms with E-state index in [-0.39, 0.29) is 6.10 Å². The smallest absolute Gasteiger partial charge is 0.161 e. The van der Waals surface area contributed by atoms with Gasteiger partial charge in [-0.25, -0.2) is 0 Å². The molecule has 1 fully saturated rings. The van der Waals surface area contributed by atoms with Crippen molar-refractivity contribution in [2.45, 2.75) is 24.3 Å². The van der Waals surface area contributed by atoms with Crippen LogP contribution in [0.2, 0.25) is 0 Å². The second-order valence-electron chi connectivity index (χ2n) is 4.06. The van der Waals surface area contributed by atoms with E-state index in [1.54, 1.807) is 7.11 Å². The van der Waals surface area contributed by atoms with Gasteiger partial charge >= 0.3 is 0 Å². The number of hydrogen-bond acceptors (Lipinski definition) is 3. The predicted octanol–water partition coefficient (Wildman–Crippen LogP) is 3.15. The van der Waals surface area contributed by atoms with Crippen molar-refractivity contribution in [1.29, 1.82) is 0 Å². The average molecular weight is 301 g/mol. The molecular formula is C13H17BrO3. The highest BCUT2D eigenvalue weighted by molar-refractivity contribution is 9.08. The zero-order valence-corrected chi connectivity index (χ0v) is 11.5. The summed E-state index contributed by atoms with van der Waals surface area (Å²) < 4.78 is 16.6. The van der Waals surface area contributed by atoms with E-state index < -0.39 is 0 Å². The van der Waals surface area contributed by atoms with Crippen molar-refractivity contribution in [2.75, 3.05) is 20.3 Å². The molecule has 0 aliphatic carbocycles. The molecule has 0 aromatic heterocycles. The van der Waals surface area contributed by atoms with Gasteiger partial charge in [-0.05, 0) is 30.5 Å². The Bertz CT molecular complexity index is 362. The predicted molar refractivity (Wildman–Crippen MR) is 70.1 cm³/mol. The van der Waals surface area contributed by atoms with E-state index in [9.17, 15) is 0 Å². The molecular weight excluding hydrogens is 284 g/mol. The fourth-order valence-electron chi connectivity index (χ4n) is 1.88. The van der Waals surface area contributed by atoms with Gasteiger partial charge in [0.1, 0.15) is 6.61 Å². The highest BCUT2D eigenvalue weighted by Gasteiger charge is 2.17. The Morgan fingerprint density at radius 1 is 1.41 bits per heavy atom. The Kier molecular flexibility index (Phi) is 4.68. The number of rotatable bonds is 5. The highest BCUT2D eigenvalue weighted by Crippen LogP contribution is 2.29. The summed E-state index contributed by atoms with van der Waals surface area (Å²) in [6.45, 7) is 1.45. The first-order chi connectivity index (χ1) is 8.33. The van der Waals surface area contributed by atoms with Crippen LogP contribution >= 0.6 is 15.9 Å². The van der Waals surface area contributed by atoms with Gasteiger partial charge in [0.25, 0.3) is 0 Å². The second kappa shape index (κ2) is 6.26. The van der Waals surface area contributed by atoms with Crippen molar-refractivity contribution < 1.29 is 14.2 Å². The number of alkyl halides is 1. The van der Waals surface area contributed by atoms with Gasteiger partial charge in [-0.15, -0.1) is 0 Å². The molecule has 3 nitrogen and oxygen atoms in total. The van der Waals surface area contributed by atoms with Crippen LogP contribution in [0.25, 0.3) is 0 Å². The molecule has 1 aromatic carbocycles. The Labute approximate surface area is 110 Å². The standard InChI is InChI=1S/C13H17BrO3/c1-15-12-5-4-10(8-14)7-13(12)17-9-11-3-2-6-16-11/h4-5,7,11H,2-3,6,8-9H2,1H3. The third-order valence-corrected chi connectivity index (χ3v) is 3.48. The maximum Gasteiger partial charge on any atom is 0.161 e. The molecule has 17 heavy (non-hydrogen) atoms. The van der Waals surface area contributed by atoms with Gasteiger partial charge in [-0.2, -0.15) is 0 Å². The van der Waals surface area contributed by atoms with Crippen LogP contribution in [0, 0.1) is 0 Å². The first-order valence-corrected chi connectivity index (χ1v) is 6.93. The van der Waals surface area contributed by atoms with Crippen molar-refractivity contribution in [3.63, 3.8) is 0 Å². The number of hydrogen-bond donors (Lipinski definition) is 0. The molecule has 1 aliphatic heterocycles. The normalized spacial score (nSPS) is 19.3. The van der Waals surface area contributed by atoms with E-state index in [1.165, 1.54) is 5.56 Å². The minimum absolute atomic E-state index is 0.229. The molecule has 0 spiro atoms. The second-order valence-corrected chi connectivity index (χ2v) is 4.63. The summed E-state index contributed by atoms with van der Waals surface area (Å²) in [5.41, 5.74) is 1.17. The molecule has 0 amide bonds. The van der Waals surface area contributed by atoms with Crippen LogP contribution in [0.3, 0.4) is 0 Å². The van der Waals surface area contributed by atoms with Crippen molar-refractivity contribution in [1.82, 2.24) is 0 Å². The molecule has 0 saturated carbocycles. The average Bonchev–Trinajstić information content (AvgIpc) is 2.89. The summed E-state index contributed by atoms with van der Waals surface area (Å²) in [7, 11) is 1.65. The van der Waals surface area contributed by atoms with Crippen LogP contribution < -0.4 is 9.47 Å². The lowest BCUT2D eigenvalue weighted by molar-refractivity contribution is 0.0669. The number of halogens is 1. The van der Waals surface area contributed by atoms with Crippen molar-refractivity contribution >= 4 is 15.9 Å². The molecule has 1 aromatic rings. The first kappa shape index (κ1) is 12.7. The molecule has 1 heterocycles. The molecule has 1 unspecified atom stereocenters. The Morgan fingerprint density at radius 3 is 2.94 bits per heavy atom. The van der Waals surface area contributed by atoms with E-state index in [4.69, 9.17) is 14.2 Å². The van der Waals surface area contributed by atoms with Crippen LogP contribution in [0.5, 0.6) is 11.5 Å². The van der Waals surface area contributed by atoms with Gasteiger partial charge in [-0.1, -0.05) is 22.0 Å². The van der Waals surface area contributed by atoms with Crippen molar-refractivity contribution in [2.24, 2.45) is 0 Å². The molecule has 2 rings (SSSR count). The van der Waals surface area contributed by atoms with Gasteiger partial charge in [0.15, 0.2) is 11.5 Å². The summed E-state index contributed by atoms with van der Waals surface area (Å²) >= 11 is 3.43. The zero-order valence-electron chi connectivity index (χ0n) is 9.95. The topological polar surface area (TPSA) is 27.7 Å². The Balaban J connectivity index is 2.01. The molecule has 0 bridgehead atoms. The molecule has 1 aliphatic rings. The summed E-state index contributed by atoms with van der Waals surface area (Å²) in [6.07, 6.45) is 2.44. The van der Waals surface area contributed by atoms with Crippen molar-refractivity contribution in [3.05, 3.63) is 23.8 Å². The fourth-order valence-corrected chi connectivity index (χ4v) is 2.22. The van der Waals surface area contributed by atoms with Crippen LogP contribution in [0.4, 0.5) is 0 Å². The molecule has 0 N–H and O–H groups in total. The first-order valence-electron chi connectivity index (χ1n) is 5.80. The Morgan fingerprint density at radius 2 is 2.29 bits per heavy atom. The summed E-state index contributed by atoms with van der Waals surface area (Å²) in [6, 6.07) is 5.95. The van der Waals surface area contributed by atoms with Gasteiger partial charge in [0.05, 0.1) is 13.2 Å². The minimum Gasteiger partial charge on any atom is -0.493 e. The van der Waals surface area contributed by atoms with E-state index in [1.807, 2.05) is 18.2 Å². The number of methoxy groups -OCH3 is 1. The van der Waals surface area contributed by atoms with E-state index in [2.05, 4.69) is 15.9 Å². The summed E-state index contributed by atoms with van der Waals surface area (Å²) in [5.74, 6) is 1.56. The lowest BCUT2D eigenvalue weighted by Crippen LogP contribution is -2.16. The van der Waals surface area contributed by atoms with Crippen LogP contribution in [-0.2, 0) is 10.1 Å². The number of ether oxygens (including phenoxy) is 3. The maximum absolute atomic E-state index is 5.78. The summed E-state index contributed by atoms with van der Waals surface area (Å²) in [5, 5.41) is 0.813. The highest BCUT2D eigenvalue weighted by atomic mass is 79.9. The third kappa shape index (κ3) is 3.36. The lowest BCUT2D eigenvalue weighted by Gasteiger charge is -2.14. The van der Waals surface area contributed by atoms with Gasteiger partial charge in [0, 0.05) is 11.9 Å². The van der Waals surface area contributed by atoms with E-state index >= 15 is 0 Å². The maximum atomic E-state index is 5.78. The fraction of sp³-hybridized carbons (Fsp3) is 0.538. The Hall–Kier alpha value is -0.740. The SMILES string of the molecule is COc1ccc(CBr)cc1OCC1CCCO1. The largest absolute Gasteiger partial charge is 0.493 e. The molecule has 94 valence electrons. The van der Waals surface area contributed by atoms with Gasteiger partial charge < -0.3 is 14.2 Å². The van der Waals surface area contributed by atoms with E-state index in [0.717, 1.165) is 36.3 Å².